The monoisotopic (exact) mass is 277 g/mol. The van der Waals surface area contributed by atoms with Crippen molar-refractivity contribution in [1.29, 1.82) is 0 Å². The molecule has 2 saturated carbocycles. The Labute approximate surface area is 121 Å². The molecular weight excluding hydrogens is 254 g/mol. The van der Waals surface area contributed by atoms with Crippen LogP contribution in [0, 0.1) is 17.3 Å². The fraction of sp³-hybridized carbons (Fsp3) is 0.647. The fourth-order valence-corrected chi connectivity index (χ4v) is 4.56. The number of nitrogens with one attached hydrogen (secondary N) is 1. The molecule has 104 valence electrons. The summed E-state index contributed by atoms with van der Waals surface area (Å²) in [4.78, 5) is 0. The molecule has 0 amide bonds. The van der Waals surface area contributed by atoms with Crippen LogP contribution in [0.15, 0.2) is 24.3 Å². The Kier molecular flexibility index (Phi) is 3.86. The van der Waals surface area contributed by atoms with Crippen molar-refractivity contribution in [2.75, 3.05) is 13.1 Å². The van der Waals surface area contributed by atoms with Crippen LogP contribution in [0.1, 0.15) is 38.2 Å². The Morgan fingerprint density at radius 3 is 2.63 bits per heavy atom. The Bertz CT molecular complexity index is 427. The van der Waals surface area contributed by atoms with E-state index in [-0.39, 0.29) is 0 Å². The molecule has 0 aliphatic heterocycles. The summed E-state index contributed by atoms with van der Waals surface area (Å²) < 4.78 is 0. The summed E-state index contributed by atoms with van der Waals surface area (Å²) in [5.74, 6) is 1.93. The van der Waals surface area contributed by atoms with Gasteiger partial charge in [0.25, 0.3) is 0 Å². The van der Waals surface area contributed by atoms with Gasteiger partial charge in [0.2, 0.25) is 0 Å². The van der Waals surface area contributed by atoms with Gasteiger partial charge in [-0.15, -0.1) is 0 Å². The van der Waals surface area contributed by atoms with Crippen molar-refractivity contribution in [2.24, 2.45) is 17.3 Å². The van der Waals surface area contributed by atoms with E-state index >= 15 is 0 Å². The van der Waals surface area contributed by atoms with Crippen LogP contribution in [0.3, 0.4) is 0 Å². The molecule has 3 unspecified atom stereocenters. The van der Waals surface area contributed by atoms with Crippen LogP contribution in [0.5, 0.6) is 0 Å². The molecule has 0 spiro atoms. The van der Waals surface area contributed by atoms with E-state index in [4.69, 9.17) is 11.6 Å². The smallest absolute Gasteiger partial charge is 0.0406 e. The third kappa shape index (κ3) is 2.68. The molecular formula is C17H24ClN. The summed E-state index contributed by atoms with van der Waals surface area (Å²) in [7, 11) is 0. The highest BCUT2D eigenvalue weighted by atomic mass is 35.5. The van der Waals surface area contributed by atoms with Crippen molar-refractivity contribution in [3.63, 3.8) is 0 Å². The van der Waals surface area contributed by atoms with Crippen molar-refractivity contribution >= 4 is 11.6 Å². The molecule has 2 aliphatic carbocycles. The maximum atomic E-state index is 6.00. The van der Waals surface area contributed by atoms with Gasteiger partial charge < -0.3 is 5.32 Å². The number of halogens is 1. The summed E-state index contributed by atoms with van der Waals surface area (Å²) >= 11 is 6.00. The Balaban J connectivity index is 1.78. The summed E-state index contributed by atoms with van der Waals surface area (Å²) in [6.45, 7) is 4.48. The number of hydrogen-bond donors (Lipinski definition) is 1. The lowest BCUT2D eigenvalue weighted by Crippen LogP contribution is -2.40. The van der Waals surface area contributed by atoms with Crippen LogP contribution in [0.2, 0.25) is 5.02 Å². The predicted molar refractivity (Wildman–Crippen MR) is 81.6 cm³/mol. The van der Waals surface area contributed by atoms with Gasteiger partial charge in [-0.05, 0) is 67.2 Å². The third-order valence-electron chi connectivity index (χ3n) is 5.30. The molecule has 3 rings (SSSR count). The van der Waals surface area contributed by atoms with Crippen LogP contribution < -0.4 is 5.32 Å². The van der Waals surface area contributed by atoms with E-state index in [0.717, 1.165) is 23.4 Å². The molecule has 2 aliphatic rings. The van der Waals surface area contributed by atoms with Crippen molar-refractivity contribution in [3.05, 3.63) is 34.9 Å². The normalized spacial score (nSPS) is 32.9. The summed E-state index contributed by atoms with van der Waals surface area (Å²) in [5.41, 5.74) is 1.96. The number of benzene rings is 1. The van der Waals surface area contributed by atoms with E-state index in [9.17, 15) is 0 Å². The summed E-state index contributed by atoms with van der Waals surface area (Å²) in [6, 6.07) is 8.49. The summed E-state index contributed by atoms with van der Waals surface area (Å²) in [6.07, 6.45) is 7.04. The third-order valence-corrected chi connectivity index (χ3v) is 5.55. The van der Waals surface area contributed by atoms with Gasteiger partial charge in [-0.25, -0.2) is 0 Å². The highest BCUT2D eigenvalue weighted by Gasteiger charge is 2.50. The van der Waals surface area contributed by atoms with Crippen LogP contribution in [-0.4, -0.2) is 13.1 Å². The molecule has 1 aromatic carbocycles. The minimum atomic E-state index is 0.507. The quantitative estimate of drug-likeness (QED) is 0.846. The predicted octanol–water partition coefficient (Wildman–Crippen LogP) is 4.30. The first-order chi connectivity index (χ1) is 9.22. The average molecular weight is 278 g/mol. The molecule has 19 heavy (non-hydrogen) atoms. The molecule has 0 heterocycles. The van der Waals surface area contributed by atoms with Gasteiger partial charge in [0.15, 0.2) is 0 Å². The number of rotatable bonds is 5. The second-order valence-electron chi connectivity index (χ2n) is 6.53. The van der Waals surface area contributed by atoms with E-state index < -0.39 is 0 Å². The largest absolute Gasteiger partial charge is 0.316 e. The maximum absolute atomic E-state index is 6.00. The van der Waals surface area contributed by atoms with Gasteiger partial charge in [-0.2, -0.15) is 0 Å². The molecule has 3 atom stereocenters. The standard InChI is InChI=1S/C17H24ClN/c1-2-19-12-17(11-14-3-6-15(17)9-14)10-13-4-7-16(18)8-5-13/h4-5,7-8,14-15,19H,2-3,6,9-12H2,1H3. The van der Waals surface area contributed by atoms with E-state index in [1.807, 2.05) is 12.1 Å². The van der Waals surface area contributed by atoms with Crippen molar-refractivity contribution in [1.82, 2.24) is 5.32 Å². The second kappa shape index (κ2) is 5.46. The van der Waals surface area contributed by atoms with Gasteiger partial charge in [0.1, 0.15) is 0 Å². The maximum Gasteiger partial charge on any atom is 0.0406 e. The number of hydrogen-bond acceptors (Lipinski definition) is 1. The second-order valence-corrected chi connectivity index (χ2v) is 6.96. The molecule has 0 saturated heterocycles. The first-order valence-corrected chi connectivity index (χ1v) is 8.05. The van der Waals surface area contributed by atoms with E-state index in [2.05, 4.69) is 24.4 Å². The topological polar surface area (TPSA) is 12.0 Å². The van der Waals surface area contributed by atoms with E-state index in [0.29, 0.717) is 5.41 Å². The van der Waals surface area contributed by atoms with Gasteiger partial charge in [-0.3, -0.25) is 0 Å². The lowest BCUT2D eigenvalue weighted by atomic mass is 9.69. The van der Waals surface area contributed by atoms with Crippen molar-refractivity contribution < 1.29 is 0 Å². The fourth-order valence-electron chi connectivity index (χ4n) is 4.44. The van der Waals surface area contributed by atoms with Gasteiger partial charge >= 0.3 is 0 Å². The van der Waals surface area contributed by atoms with Gasteiger partial charge in [0.05, 0.1) is 0 Å². The molecule has 2 heteroatoms. The zero-order valence-electron chi connectivity index (χ0n) is 11.8. The molecule has 1 aromatic rings. The zero-order valence-corrected chi connectivity index (χ0v) is 12.5. The number of fused-ring (bicyclic) bond motifs is 2. The molecule has 0 radical (unpaired) electrons. The molecule has 2 fully saturated rings. The molecule has 2 bridgehead atoms. The SMILES string of the molecule is CCNCC1(Cc2ccc(Cl)cc2)CC2CCC1C2. The Morgan fingerprint density at radius 2 is 2.05 bits per heavy atom. The van der Waals surface area contributed by atoms with Gasteiger partial charge in [0, 0.05) is 11.6 Å². The van der Waals surface area contributed by atoms with Crippen LogP contribution in [0.25, 0.3) is 0 Å². The van der Waals surface area contributed by atoms with Crippen molar-refractivity contribution in [3.8, 4) is 0 Å². The highest BCUT2D eigenvalue weighted by molar-refractivity contribution is 6.30. The lowest BCUT2D eigenvalue weighted by Gasteiger charge is -2.38. The van der Waals surface area contributed by atoms with E-state index in [1.165, 1.54) is 44.2 Å². The first kappa shape index (κ1) is 13.5. The summed E-state index contributed by atoms with van der Waals surface area (Å²) in [5, 5.41) is 4.47. The highest BCUT2D eigenvalue weighted by Crippen LogP contribution is 2.57. The van der Waals surface area contributed by atoms with Gasteiger partial charge in [-0.1, -0.05) is 37.1 Å². The van der Waals surface area contributed by atoms with Crippen LogP contribution in [-0.2, 0) is 6.42 Å². The Hall–Kier alpha value is -0.530. The minimum absolute atomic E-state index is 0.507. The Morgan fingerprint density at radius 1 is 1.26 bits per heavy atom. The average Bonchev–Trinajstić information content (AvgIpc) is 3.00. The van der Waals surface area contributed by atoms with Crippen LogP contribution >= 0.6 is 11.6 Å². The van der Waals surface area contributed by atoms with Crippen LogP contribution in [0.4, 0.5) is 0 Å². The molecule has 1 N–H and O–H groups in total. The zero-order chi connectivity index (χ0) is 13.3. The van der Waals surface area contributed by atoms with E-state index in [1.54, 1.807) is 0 Å². The minimum Gasteiger partial charge on any atom is -0.316 e. The molecule has 0 aromatic heterocycles. The van der Waals surface area contributed by atoms with Crippen molar-refractivity contribution in [2.45, 2.75) is 39.0 Å². The lowest BCUT2D eigenvalue weighted by molar-refractivity contribution is 0.157. The molecule has 1 nitrogen and oxygen atoms in total. The first-order valence-electron chi connectivity index (χ1n) is 7.67.